The lowest BCUT2D eigenvalue weighted by Crippen LogP contribution is -2.49. The molecule has 2 aliphatic heterocycles. The predicted molar refractivity (Wildman–Crippen MR) is 92.2 cm³/mol. The Morgan fingerprint density at radius 1 is 1.26 bits per heavy atom. The van der Waals surface area contributed by atoms with Crippen molar-refractivity contribution in [3.05, 3.63) is 35.9 Å². The van der Waals surface area contributed by atoms with Gasteiger partial charge in [-0.15, -0.1) is 12.4 Å². The van der Waals surface area contributed by atoms with Crippen LogP contribution in [0.25, 0.3) is 5.52 Å². The number of rotatable bonds is 2. The van der Waals surface area contributed by atoms with Crippen molar-refractivity contribution in [2.75, 3.05) is 7.05 Å². The first-order valence-corrected chi connectivity index (χ1v) is 8.10. The molecule has 2 fully saturated rings. The highest BCUT2D eigenvalue weighted by molar-refractivity contribution is 5.92. The summed E-state index contributed by atoms with van der Waals surface area (Å²) in [5.41, 5.74) is 1.89. The molecule has 2 aliphatic rings. The highest BCUT2D eigenvalue weighted by atomic mass is 35.5. The Hall–Kier alpha value is -1.59. The number of piperidine rings is 1. The number of aryl methyl sites for hydroxylation is 1. The van der Waals surface area contributed by atoms with E-state index in [-0.39, 0.29) is 24.4 Å². The van der Waals surface area contributed by atoms with E-state index in [0.717, 1.165) is 24.1 Å². The Bertz CT molecular complexity index is 714. The molecule has 1 amide bonds. The molecule has 6 heteroatoms. The van der Waals surface area contributed by atoms with E-state index in [9.17, 15) is 4.79 Å². The maximum absolute atomic E-state index is 12.6. The molecule has 2 saturated heterocycles. The summed E-state index contributed by atoms with van der Waals surface area (Å²) in [5.74, 6) is 0.447. The second kappa shape index (κ2) is 6.13. The first-order chi connectivity index (χ1) is 10.6. The molecule has 2 unspecified atom stereocenters. The summed E-state index contributed by atoms with van der Waals surface area (Å²) >= 11 is 0. The summed E-state index contributed by atoms with van der Waals surface area (Å²) in [5, 5.41) is 3.21. The Kier molecular flexibility index (Phi) is 4.34. The number of carbonyl (C=O) groups is 1. The van der Waals surface area contributed by atoms with E-state index in [1.54, 1.807) is 0 Å². The zero-order chi connectivity index (χ0) is 15.3. The maximum Gasteiger partial charge on any atom is 0.287 e. The van der Waals surface area contributed by atoms with Crippen molar-refractivity contribution in [3.63, 3.8) is 0 Å². The van der Waals surface area contributed by atoms with Crippen LogP contribution in [-0.4, -0.2) is 45.4 Å². The molecule has 124 valence electrons. The Morgan fingerprint density at radius 2 is 1.96 bits per heavy atom. The molecule has 0 radical (unpaired) electrons. The van der Waals surface area contributed by atoms with Crippen molar-refractivity contribution in [2.24, 2.45) is 0 Å². The van der Waals surface area contributed by atoms with Crippen LogP contribution in [0.5, 0.6) is 0 Å². The molecule has 0 saturated carbocycles. The second-order valence-corrected chi connectivity index (χ2v) is 6.67. The molecule has 5 nitrogen and oxygen atoms in total. The van der Waals surface area contributed by atoms with E-state index in [0.29, 0.717) is 17.9 Å². The summed E-state index contributed by atoms with van der Waals surface area (Å²) in [6, 6.07) is 7.43. The minimum Gasteiger partial charge on any atom is -0.347 e. The van der Waals surface area contributed by atoms with E-state index in [1.165, 1.54) is 12.8 Å². The maximum atomic E-state index is 12.6. The SMILES string of the molecule is Cc1nc(C(=O)NC2CC3CCC(C2)N3C)n2ccccc12.Cl. The van der Waals surface area contributed by atoms with Gasteiger partial charge in [-0.2, -0.15) is 0 Å². The van der Waals surface area contributed by atoms with Gasteiger partial charge in [0.25, 0.3) is 5.91 Å². The third-order valence-electron chi connectivity index (χ3n) is 5.37. The number of halogens is 1. The number of pyridine rings is 1. The van der Waals surface area contributed by atoms with Crippen molar-refractivity contribution in [3.8, 4) is 0 Å². The van der Waals surface area contributed by atoms with Gasteiger partial charge in [0.15, 0.2) is 0 Å². The minimum atomic E-state index is -0.0525. The predicted octanol–water partition coefficient (Wildman–Crippen LogP) is 2.42. The molecule has 2 aromatic rings. The third-order valence-corrected chi connectivity index (χ3v) is 5.37. The van der Waals surface area contributed by atoms with Crippen LogP contribution >= 0.6 is 12.4 Å². The molecule has 4 heterocycles. The lowest BCUT2D eigenvalue weighted by atomic mass is 9.98. The summed E-state index contributed by atoms with van der Waals surface area (Å²) in [4.78, 5) is 19.6. The van der Waals surface area contributed by atoms with E-state index in [1.807, 2.05) is 35.7 Å². The number of nitrogens with zero attached hydrogens (tertiary/aromatic N) is 3. The third kappa shape index (κ3) is 2.72. The van der Waals surface area contributed by atoms with Crippen molar-refractivity contribution in [1.29, 1.82) is 0 Å². The summed E-state index contributed by atoms with van der Waals surface area (Å²) in [6.45, 7) is 1.95. The molecule has 23 heavy (non-hydrogen) atoms. The van der Waals surface area contributed by atoms with Gasteiger partial charge >= 0.3 is 0 Å². The fourth-order valence-electron chi connectivity index (χ4n) is 4.13. The quantitative estimate of drug-likeness (QED) is 0.917. The van der Waals surface area contributed by atoms with E-state index in [2.05, 4.69) is 22.2 Å². The van der Waals surface area contributed by atoms with Crippen LogP contribution in [-0.2, 0) is 0 Å². The summed E-state index contributed by atoms with van der Waals surface area (Å²) in [6.07, 6.45) is 6.54. The molecule has 1 N–H and O–H groups in total. The van der Waals surface area contributed by atoms with Gasteiger partial charge < -0.3 is 10.2 Å². The zero-order valence-corrected chi connectivity index (χ0v) is 14.3. The molecular weight excluding hydrogens is 312 g/mol. The molecule has 2 aromatic heterocycles. The number of fused-ring (bicyclic) bond motifs is 3. The molecule has 4 rings (SSSR count). The van der Waals surface area contributed by atoms with Crippen molar-refractivity contribution in [1.82, 2.24) is 19.6 Å². The standard InChI is InChI=1S/C17H22N4O.ClH/c1-11-15-5-3-4-8-21(15)16(18-11)17(22)19-12-9-13-6-7-14(10-12)20(13)2;/h3-5,8,12-14H,6-7,9-10H2,1-2H3,(H,19,22);1H. The van der Waals surface area contributed by atoms with Gasteiger partial charge in [-0.25, -0.2) is 4.98 Å². The van der Waals surface area contributed by atoms with Gasteiger partial charge in [-0.3, -0.25) is 9.20 Å². The van der Waals surface area contributed by atoms with Crippen LogP contribution in [0.4, 0.5) is 0 Å². The molecule has 0 aromatic carbocycles. The van der Waals surface area contributed by atoms with Crippen molar-refractivity contribution < 1.29 is 4.79 Å². The van der Waals surface area contributed by atoms with E-state index in [4.69, 9.17) is 0 Å². The van der Waals surface area contributed by atoms with Gasteiger partial charge in [0.05, 0.1) is 11.2 Å². The lowest BCUT2D eigenvalue weighted by Gasteiger charge is -2.36. The van der Waals surface area contributed by atoms with Crippen LogP contribution in [0, 0.1) is 6.92 Å². The number of imidazole rings is 1. The minimum absolute atomic E-state index is 0. The van der Waals surface area contributed by atoms with E-state index >= 15 is 0 Å². The molecule has 2 bridgehead atoms. The zero-order valence-electron chi connectivity index (χ0n) is 13.5. The van der Waals surface area contributed by atoms with Crippen LogP contribution in [0.2, 0.25) is 0 Å². The highest BCUT2D eigenvalue weighted by Crippen LogP contribution is 2.34. The first-order valence-electron chi connectivity index (χ1n) is 8.10. The monoisotopic (exact) mass is 334 g/mol. The number of hydrogen-bond acceptors (Lipinski definition) is 3. The first kappa shape index (κ1) is 16.3. The lowest BCUT2D eigenvalue weighted by molar-refractivity contribution is 0.0871. The van der Waals surface area contributed by atoms with Gasteiger partial charge in [0.2, 0.25) is 5.82 Å². The molecule has 2 atom stereocenters. The molecule has 0 spiro atoms. The van der Waals surface area contributed by atoms with Crippen molar-refractivity contribution >= 4 is 23.8 Å². The van der Waals surface area contributed by atoms with Crippen LogP contribution in [0.1, 0.15) is 42.0 Å². The van der Waals surface area contributed by atoms with Gasteiger partial charge in [0.1, 0.15) is 0 Å². The smallest absolute Gasteiger partial charge is 0.287 e. The molecular formula is C17H23ClN4O. The van der Waals surface area contributed by atoms with Crippen LogP contribution in [0.3, 0.4) is 0 Å². The number of carbonyl (C=O) groups excluding carboxylic acids is 1. The average molecular weight is 335 g/mol. The van der Waals surface area contributed by atoms with Crippen LogP contribution in [0.15, 0.2) is 24.4 Å². The number of aromatic nitrogens is 2. The summed E-state index contributed by atoms with van der Waals surface area (Å²) in [7, 11) is 2.21. The Balaban J connectivity index is 0.00000156. The fraction of sp³-hybridized carbons (Fsp3) is 0.529. The van der Waals surface area contributed by atoms with Gasteiger partial charge in [-0.05, 0) is 51.8 Å². The van der Waals surface area contributed by atoms with E-state index < -0.39 is 0 Å². The van der Waals surface area contributed by atoms with Crippen molar-refractivity contribution in [2.45, 2.75) is 50.7 Å². The second-order valence-electron chi connectivity index (χ2n) is 6.67. The fourth-order valence-corrected chi connectivity index (χ4v) is 4.13. The Labute approximate surface area is 142 Å². The Morgan fingerprint density at radius 3 is 2.65 bits per heavy atom. The van der Waals surface area contributed by atoms with Gasteiger partial charge in [-0.1, -0.05) is 6.07 Å². The highest BCUT2D eigenvalue weighted by Gasteiger charge is 2.39. The van der Waals surface area contributed by atoms with Crippen LogP contribution < -0.4 is 5.32 Å². The summed E-state index contributed by atoms with van der Waals surface area (Å²) < 4.78 is 1.88. The topological polar surface area (TPSA) is 49.6 Å². The van der Waals surface area contributed by atoms with Gasteiger partial charge in [0, 0.05) is 24.3 Å². The molecule has 0 aliphatic carbocycles. The number of amides is 1. The number of nitrogens with one attached hydrogen (secondary N) is 1. The normalized spacial score (nSPS) is 27.0. The average Bonchev–Trinajstić information content (AvgIpc) is 2.93. The largest absolute Gasteiger partial charge is 0.347 e. The number of hydrogen-bond donors (Lipinski definition) is 1.